The van der Waals surface area contributed by atoms with Gasteiger partial charge in [0.15, 0.2) is 0 Å². The van der Waals surface area contributed by atoms with Gasteiger partial charge in [-0.05, 0) is 61.7 Å². The van der Waals surface area contributed by atoms with Crippen LogP contribution in [0.15, 0.2) is 60.7 Å². The first-order valence-corrected chi connectivity index (χ1v) is 8.50. The van der Waals surface area contributed by atoms with E-state index >= 15 is 0 Å². The van der Waals surface area contributed by atoms with Gasteiger partial charge in [-0.2, -0.15) is 0 Å². The molecule has 27 heavy (non-hydrogen) atoms. The highest BCUT2D eigenvalue weighted by Crippen LogP contribution is 2.27. The van der Waals surface area contributed by atoms with E-state index in [1.165, 1.54) is 23.8 Å². The molecule has 0 heterocycles. The van der Waals surface area contributed by atoms with E-state index in [1.807, 2.05) is 26.0 Å². The normalized spacial score (nSPS) is 10.5. The van der Waals surface area contributed by atoms with Gasteiger partial charge in [0.25, 0.3) is 5.69 Å². The average molecular weight is 361 g/mol. The number of esters is 1. The van der Waals surface area contributed by atoms with Crippen molar-refractivity contribution in [2.24, 2.45) is 0 Å². The third-order valence-corrected chi connectivity index (χ3v) is 4.39. The minimum absolute atomic E-state index is 0.0230. The molecular formula is C22H19NO4. The number of rotatable bonds is 4. The van der Waals surface area contributed by atoms with Crippen LogP contribution in [-0.4, -0.2) is 10.9 Å². The number of hydrogen-bond donors (Lipinski definition) is 0. The summed E-state index contributed by atoms with van der Waals surface area (Å²) in [7, 11) is 0. The van der Waals surface area contributed by atoms with E-state index < -0.39 is 10.9 Å². The molecule has 0 N–H and O–H groups in total. The van der Waals surface area contributed by atoms with Gasteiger partial charge in [-0.15, -0.1) is 0 Å². The van der Waals surface area contributed by atoms with Crippen LogP contribution in [0.25, 0.3) is 11.1 Å². The Bertz CT molecular complexity index is 1020. The van der Waals surface area contributed by atoms with Crippen molar-refractivity contribution < 1.29 is 14.5 Å². The van der Waals surface area contributed by atoms with Crippen LogP contribution in [0.2, 0.25) is 0 Å². The van der Waals surface area contributed by atoms with Gasteiger partial charge in [-0.1, -0.05) is 35.9 Å². The summed E-state index contributed by atoms with van der Waals surface area (Å²) in [6.07, 6.45) is 0. The zero-order chi connectivity index (χ0) is 19.6. The first kappa shape index (κ1) is 18.3. The Morgan fingerprint density at radius 2 is 1.52 bits per heavy atom. The number of carbonyl (C=O) groups is 1. The Kier molecular flexibility index (Phi) is 5.03. The van der Waals surface area contributed by atoms with Crippen LogP contribution >= 0.6 is 0 Å². The minimum atomic E-state index is -0.542. The van der Waals surface area contributed by atoms with Crippen molar-refractivity contribution in [3.8, 4) is 16.9 Å². The molecule has 0 unspecified atom stereocenters. The molecule has 0 aliphatic carbocycles. The van der Waals surface area contributed by atoms with E-state index in [0.29, 0.717) is 11.3 Å². The van der Waals surface area contributed by atoms with Crippen LogP contribution in [-0.2, 0) is 0 Å². The van der Waals surface area contributed by atoms with Gasteiger partial charge in [0, 0.05) is 11.6 Å². The van der Waals surface area contributed by atoms with Crippen molar-refractivity contribution in [1.82, 2.24) is 0 Å². The van der Waals surface area contributed by atoms with Crippen molar-refractivity contribution in [3.05, 3.63) is 93.0 Å². The third kappa shape index (κ3) is 4.03. The molecule has 0 aliphatic rings. The number of nitro groups is 1. The lowest BCUT2D eigenvalue weighted by Crippen LogP contribution is -2.10. The summed E-state index contributed by atoms with van der Waals surface area (Å²) >= 11 is 0. The fourth-order valence-electron chi connectivity index (χ4n) is 2.84. The van der Waals surface area contributed by atoms with Crippen molar-refractivity contribution >= 4 is 11.7 Å². The van der Waals surface area contributed by atoms with Gasteiger partial charge < -0.3 is 4.74 Å². The zero-order valence-corrected chi connectivity index (χ0v) is 15.4. The molecule has 0 radical (unpaired) electrons. The van der Waals surface area contributed by atoms with Crippen LogP contribution in [0, 0.1) is 30.9 Å². The summed E-state index contributed by atoms with van der Waals surface area (Å²) in [5, 5.41) is 10.9. The summed E-state index contributed by atoms with van der Waals surface area (Å²) in [6.45, 7) is 5.51. The van der Waals surface area contributed by atoms with Gasteiger partial charge in [0.1, 0.15) is 5.75 Å². The molecule has 136 valence electrons. The maximum atomic E-state index is 12.4. The minimum Gasteiger partial charge on any atom is -0.423 e. The molecule has 0 saturated carbocycles. The monoisotopic (exact) mass is 361 g/mol. The Morgan fingerprint density at radius 3 is 2.11 bits per heavy atom. The van der Waals surface area contributed by atoms with Gasteiger partial charge in [0.2, 0.25) is 0 Å². The lowest BCUT2D eigenvalue weighted by atomic mass is 10.0. The molecule has 3 rings (SSSR count). The SMILES string of the molecule is Cc1ccc(-c2ccc(OC(=O)c3ccc([N+](=O)[O-])c(C)c3)c(C)c2)cc1. The standard InChI is InChI=1S/C22H19NO4/c1-14-4-6-17(7-5-14)18-9-11-21(16(3)13-18)27-22(24)19-8-10-20(23(25)26)15(2)12-19/h4-13H,1-3H3. The van der Waals surface area contributed by atoms with Crippen molar-refractivity contribution in [2.75, 3.05) is 0 Å². The number of nitro benzene ring substituents is 1. The molecule has 5 heteroatoms. The molecule has 0 fully saturated rings. The molecule has 0 spiro atoms. The Balaban J connectivity index is 1.81. The second-order valence-corrected chi connectivity index (χ2v) is 6.49. The topological polar surface area (TPSA) is 69.4 Å². The second-order valence-electron chi connectivity index (χ2n) is 6.49. The van der Waals surface area contributed by atoms with Crippen LogP contribution in [0.3, 0.4) is 0 Å². The molecule has 0 aromatic heterocycles. The summed E-state index contributed by atoms with van der Waals surface area (Å²) in [5.41, 5.74) is 4.83. The molecule has 0 bridgehead atoms. The lowest BCUT2D eigenvalue weighted by Gasteiger charge is -2.10. The number of nitrogens with zero attached hydrogens (tertiary/aromatic N) is 1. The van der Waals surface area contributed by atoms with E-state index in [-0.39, 0.29) is 11.3 Å². The number of benzene rings is 3. The predicted molar refractivity (Wildman–Crippen MR) is 104 cm³/mol. The molecule has 3 aromatic carbocycles. The summed E-state index contributed by atoms with van der Waals surface area (Å²) in [6, 6.07) is 18.0. The van der Waals surface area contributed by atoms with E-state index in [9.17, 15) is 14.9 Å². The molecule has 0 amide bonds. The molecule has 0 aliphatic heterocycles. The summed E-state index contributed by atoms with van der Waals surface area (Å²) in [5.74, 6) is -0.0777. The molecule has 0 atom stereocenters. The van der Waals surface area contributed by atoms with Gasteiger partial charge in [-0.3, -0.25) is 10.1 Å². The summed E-state index contributed by atoms with van der Waals surface area (Å²) in [4.78, 5) is 22.8. The fraction of sp³-hybridized carbons (Fsp3) is 0.136. The second kappa shape index (κ2) is 7.41. The van der Waals surface area contributed by atoms with Crippen LogP contribution in [0.1, 0.15) is 27.0 Å². The largest absolute Gasteiger partial charge is 0.423 e. The highest BCUT2D eigenvalue weighted by Gasteiger charge is 2.16. The van der Waals surface area contributed by atoms with E-state index in [4.69, 9.17) is 4.74 Å². The first-order valence-electron chi connectivity index (χ1n) is 8.50. The molecular weight excluding hydrogens is 342 g/mol. The van der Waals surface area contributed by atoms with E-state index in [0.717, 1.165) is 16.7 Å². The maximum Gasteiger partial charge on any atom is 0.343 e. The van der Waals surface area contributed by atoms with Gasteiger partial charge >= 0.3 is 5.97 Å². The third-order valence-electron chi connectivity index (χ3n) is 4.39. The number of carbonyl (C=O) groups excluding carboxylic acids is 1. The van der Waals surface area contributed by atoms with Crippen molar-refractivity contribution in [3.63, 3.8) is 0 Å². The summed E-state index contributed by atoms with van der Waals surface area (Å²) < 4.78 is 5.49. The number of ether oxygens (including phenoxy) is 1. The highest BCUT2D eigenvalue weighted by atomic mass is 16.6. The number of hydrogen-bond acceptors (Lipinski definition) is 4. The highest BCUT2D eigenvalue weighted by molar-refractivity contribution is 5.92. The predicted octanol–water partition coefficient (Wildman–Crippen LogP) is 5.41. The Morgan fingerprint density at radius 1 is 0.852 bits per heavy atom. The smallest absolute Gasteiger partial charge is 0.343 e. The van der Waals surface area contributed by atoms with Crippen molar-refractivity contribution in [2.45, 2.75) is 20.8 Å². The van der Waals surface area contributed by atoms with E-state index in [2.05, 4.69) is 24.3 Å². The quantitative estimate of drug-likeness (QED) is 0.270. The van der Waals surface area contributed by atoms with Crippen molar-refractivity contribution in [1.29, 1.82) is 0 Å². The average Bonchev–Trinajstić information content (AvgIpc) is 2.63. The van der Waals surface area contributed by atoms with Gasteiger partial charge in [0.05, 0.1) is 10.5 Å². The fourth-order valence-corrected chi connectivity index (χ4v) is 2.84. The van der Waals surface area contributed by atoms with Crippen LogP contribution in [0.4, 0.5) is 5.69 Å². The van der Waals surface area contributed by atoms with E-state index in [1.54, 1.807) is 13.0 Å². The molecule has 3 aromatic rings. The number of aryl methyl sites for hydroxylation is 3. The Labute approximate surface area is 157 Å². The molecule has 5 nitrogen and oxygen atoms in total. The zero-order valence-electron chi connectivity index (χ0n) is 15.4. The van der Waals surface area contributed by atoms with Crippen LogP contribution in [0.5, 0.6) is 5.75 Å². The first-order chi connectivity index (χ1) is 12.8. The van der Waals surface area contributed by atoms with Gasteiger partial charge in [-0.25, -0.2) is 4.79 Å². The molecule has 0 saturated heterocycles. The maximum absolute atomic E-state index is 12.4. The van der Waals surface area contributed by atoms with Crippen LogP contribution < -0.4 is 4.74 Å². The lowest BCUT2D eigenvalue weighted by molar-refractivity contribution is -0.385. The Hall–Kier alpha value is -3.47.